The van der Waals surface area contributed by atoms with Crippen LogP contribution in [-0.4, -0.2) is 4.98 Å². The maximum atomic E-state index is 15.2. The fourth-order valence-electron chi connectivity index (χ4n) is 7.33. The van der Waals surface area contributed by atoms with Crippen LogP contribution in [0.4, 0.5) is 25.8 Å². The minimum Gasteiger partial charge on any atom is -0.305 e. The average molecular weight is 661 g/mol. The van der Waals surface area contributed by atoms with E-state index in [4.69, 9.17) is 4.98 Å². The Morgan fingerprint density at radius 3 is 1.63 bits per heavy atom. The van der Waals surface area contributed by atoms with Crippen LogP contribution >= 0.6 is 0 Å². The Balaban J connectivity index is 1.28. The van der Waals surface area contributed by atoms with E-state index in [0.717, 1.165) is 65.8 Å². The lowest BCUT2D eigenvalue weighted by atomic mass is 9.84. The highest BCUT2D eigenvalue weighted by molar-refractivity contribution is 6.27. The fraction of sp³-hybridized carbons (Fsp3) is 0. The fourth-order valence-corrected chi connectivity index (χ4v) is 7.33. The molecule has 9 rings (SSSR count). The smallest absolute Gasteiger partial charge is 0.147 e. The topological polar surface area (TPSA) is 16.1 Å². The second-order valence-electron chi connectivity index (χ2n) is 12.6. The molecule has 0 spiro atoms. The van der Waals surface area contributed by atoms with Gasteiger partial charge in [-0.15, -0.1) is 0 Å². The number of fused-ring (bicyclic) bond motifs is 4. The van der Waals surface area contributed by atoms with Crippen molar-refractivity contribution < 1.29 is 8.78 Å². The number of benzene rings is 8. The molecule has 0 fully saturated rings. The second kappa shape index (κ2) is 12.7. The number of pyridine rings is 1. The van der Waals surface area contributed by atoms with Crippen LogP contribution in [0.25, 0.3) is 65.8 Å². The standard InChI is InChI=1S/C47H30F2N2/c48-40-17-7-9-19-42(40)51(43-20-10-8-18-41(43)49)36-25-21-31(22-26-36)35-24-27-37-39(30-35)44(32-12-3-1-4-13-32)38-28-23-34-16-11-29-50-47(34)46(38)45(37)33-14-5-2-6-15-33/h1-30H. The molecule has 0 bridgehead atoms. The van der Waals surface area contributed by atoms with Gasteiger partial charge in [0.1, 0.15) is 11.6 Å². The van der Waals surface area contributed by atoms with Gasteiger partial charge in [-0.25, -0.2) is 8.78 Å². The van der Waals surface area contributed by atoms with Crippen LogP contribution in [0.5, 0.6) is 0 Å². The average Bonchev–Trinajstić information content (AvgIpc) is 3.19. The van der Waals surface area contributed by atoms with E-state index in [0.29, 0.717) is 5.69 Å². The van der Waals surface area contributed by atoms with Crippen molar-refractivity contribution in [3.63, 3.8) is 0 Å². The lowest BCUT2D eigenvalue weighted by Crippen LogP contribution is -2.13. The minimum atomic E-state index is -0.433. The Kier molecular flexibility index (Phi) is 7.55. The van der Waals surface area contributed by atoms with Gasteiger partial charge in [0.2, 0.25) is 0 Å². The van der Waals surface area contributed by atoms with E-state index in [-0.39, 0.29) is 11.4 Å². The quantitative estimate of drug-likeness (QED) is 0.130. The molecule has 0 aliphatic carbocycles. The predicted molar refractivity (Wildman–Crippen MR) is 208 cm³/mol. The Bertz CT molecular complexity index is 2660. The highest BCUT2D eigenvalue weighted by Crippen LogP contribution is 2.47. The van der Waals surface area contributed by atoms with Crippen molar-refractivity contribution in [1.82, 2.24) is 4.98 Å². The van der Waals surface area contributed by atoms with E-state index >= 15 is 8.78 Å². The van der Waals surface area contributed by atoms with Crippen molar-refractivity contribution in [2.45, 2.75) is 0 Å². The molecule has 0 atom stereocenters. The first kappa shape index (κ1) is 30.4. The van der Waals surface area contributed by atoms with Gasteiger partial charge in [0.15, 0.2) is 0 Å². The zero-order valence-corrected chi connectivity index (χ0v) is 27.5. The summed E-state index contributed by atoms with van der Waals surface area (Å²) in [6.07, 6.45) is 1.87. The van der Waals surface area contributed by atoms with Gasteiger partial charge in [0.25, 0.3) is 0 Å². The summed E-state index contributed by atoms with van der Waals surface area (Å²) in [5.74, 6) is -0.866. The van der Waals surface area contributed by atoms with Crippen molar-refractivity contribution in [3.05, 3.63) is 194 Å². The molecular formula is C47H30F2N2. The molecule has 0 radical (unpaired) electrons. The van der Waals surface area contributed by atoms with Crippen molar-refractivity contribution in [3.8, 4) is 33.4 Å². The molecule has 0 unspecified atom stereocenters. The Labute approximate surface area is 294 Å². The first-order valence-corrected chi connectivity index (χ1v) is 16.9. The number of nitrogens with zero attached hydrogens (tertiary/aromatic N) is 2. The summed E-state index contributed by atoms with van der Waals surface area (Å²) in [6.45, 7) is 0. The third kappa shape index (κ3) is 5.29. The lowest BCUT2D eigenvalue weighted by Gasteiger charge is -2.26. The van der Waals surface area contributed by atoms with Crippen LogP contribution in [0.15, 0.2) is 182 Å². The number of aromatic nitrogens is 1. The highest BCUT2D eigenvalue weighted by atomic mass is 19.1. The van der Waals surface area contributed by atoms with E-state index in [2.05, 4.69) is 84.9 Å². The predicted octanol–water partition coefficient (Wildman–Crippen LogP) is 13.3. The monoisotopic (exact) mass is 660 g/mol. The normalized spacial score (nSPS) is 11.3. The van der Waals surface area contributed by atoms with E-state index in [1.165, 1.54) is 12.1 Å². The summed E-state index contributed by atoms with van der Waals surface area (Å²) in [7, 11) is 0. The molecule has 4 heteroatoms. The number of rotatable bonds is 6. The van der Waals surface area contributed by atoms with Crippen molar-refractivity contribution >= 4 is 49.5 Å². The molecule has 0 aliphatic rings. The number of anilines is 3. The third-order valence-corrected chi connectivity index (χ3v) is 9.62. The first-order chi connectivity index (χ1) is 25.2. The molecule has 51 heavy (non-hydrogen) atoms. The van der Waals surface area contributed by atoms with Crippen LogP contribution in [0.3, 0.4) is 0 Å². The molecule has 2 nitrogen and oxygen atoms in total. The summed E-state index contributed by atoms with van der Waals surface area (Å²) in [4.78, 5) is 6.55. The van der Waals surface area contributed by atoms with Crippen molar-refractivity contribution in [2.75, 3.05) is 4.90 Å². The zero-order chi connectivity index (χ0) is 34.3. The van der Waals surface area contributed by atoms with Gasteiger partial charge in [-0.1, -0.05) is 127 Å². The van der Waals surface area contributed by atoms with Crippen LogP contribution in [-0.2, 0) is 0 Å². The molecule has 8 aromatic carbocycles. The van der Waals surface area contributed by atoms with Gasteiger partial charge < -0.3 is 4.90 Å². The van der Waals surface area contributed by atoms with Crippen LogP contribution in [0.1, 0.15) is 0 Å². The van der Waals surface area contributed by atoms with Gasteiger partial charge in [-0.05, 0) is 98.1 Å². The second-order valence-corrected chi connectivity index (χ2v) is 12.6. The number of hydrogen-bond donors (Lipinski definition) is 0. The molecule has 0 saturated carbocycles. The SMILES string of the molecule is Fc1ccccc1N(c1ccc(-c2ccc3c(-c4ccccc4)c4c(ccc5cccnc54)c(-c4ccccc4)c3c2)cc1)c1ccccc1F. The van der Waals surface area contributed by atoms with Gasteiger partial charge in [0.05, 0.1) is 16.9 Å². The maximum Gasteiger partial charge on any atom is 0.147 e. The largest absolute Gasteiger partial charge is 0.305 e. The summed E-state index contributed by atoms with van der Waals surface area (Å²) in [6, 6.07) is 57.0. The van der Waals surface area contributed by atoms with Crippen LogP contribution in [0, 0.1) is 11.6 Å². The molecule has 0 amide bonds. The zero-order valence-electron chi connectivity index (χ0n) is 27.5. The van der Waals surface area contributed by atoms with E-state index in [1.54, 1.807) is 41.3 Å². The molecule has 0 aliphatic heterocycles. The summed E-state index contributed by atoms with van der Waals surface area (Å²) < 4.78 is 30.4. The summed E-state index contributed by atoms with van der Waals surface area (Å²) in [5.41, 5.74) is 8.75. The summed E-state index contributed by atoms with van der Waals surface area (Å²) >= 11 is 0. The maximum absolute atomic E-state index is 15.2. The Morgan fingerprint density at radius 2 is 0.980 bits per heavy atom. The van der Waals surface area contributed by atoms with Crippen molar-refractivity contribution in [1.29, 1.82) is 0 Å². The Hall–Kier alpha value is -6.65. The lowest BCUT2D eigenvalue weighted by molar-refractivity contribution is 0.619. The molecule has 0 saturated heterocycles. The van der Waals surface area contributed by atoms with Gasteiger partial charge in [0, 0.05) is 22.7 Å². The molecule has 1 aromatic heterocycles. The highest BCUT2D eigenvalue weighted by Gasteiger charge is 2.21. The first-order valence-electron chi connectivity index (χ1n) is 16.9. The summed E-state index contributed by atoms with van der Waals surface area (Å²) in [5, 5.41) is 5.62. The van der Waals surface area contributed by atoms with Gasteiger partial charge in [-0.3, -0.25) is 4.98 Å². The Morgan fingerprint density at radius 1 is 0.412 bits per heavy atom. The molecule has 1 heterocycles. The molecule has 0 N–H and O–H groups in total. The number of halogens is 2. The third-order valence-electron chi connectivity index (χ3n) is 9.62. The van der Waals surface area contributed by atoms with Gasteiger partial charge >= 0.3 is 0 Å². The van der Waals surface area contributed by atoms with E-state index < -0.39 is 11.6 Å². The number of para-hydroxylation sites is 2. The van der Waals surface area contributed by atoms with Gasteiger partial charge in [-0.2, -0.15) is 0 Å². The molecule has 242 valence electrons. The number of hydrogen-bond acceptors (Lipinski definition) is 2. The van der Waals surface area contributed by atoms with E-state index in [9.17, 15) is 0 Å². The minimum absolute atomic E-state index is 0.274. The van der Waals surface area contributed by atoms with Crippen molar-refractivity contribution in [2.24, 2.45) is 0 Å². The molecular weight excluding hydrogens is 631 g/mol. The molecule has 9 aromatic rings. The van der Waals surface area contributed by atoms with Crippen LogP contribution in [0.2, 0.25) is 0 Å². The van der Waals surface area contributed by atoms with Crippen LogP contribution < -0.4 is 4.90 Å². The van der Waals surface area contributed by atoms with E-state index in [1.807, 2.05) is 48.7 Å².